The van der Waals surface area contributed by atoms with E-state index in [2.05, 4.69) is 21.2 Å². The molecule has 0 aromatic heterocycles. The Morgan fingerprint density at radius 1 is 1.48 bits per heavy atom. The van der Waals surface area contributed by atoms with Crippen LogP contribution in [-0.2, 0) is 6.18 Å². The van der Waals surface area contributed by atoms with Gasteiger partial charge in [0.1, 0.15) is 0 Å². The lowest BCUT2D eigenvalue weighted by Crippen LogP contribution is -2.37. The van der Waals surface area contributed by atoms with Gasteiger partial charge < -0.3 is 11.1 Å². The van der Waals surface area contributed by atoms with Gasteiger partial charge in [0.15, 0.2) is 0 Å². The third kappa shape index (κ3) is 5.28. The van der Waals surface area contributed by atoms with E-state index in [4.69, 9.17) is 18.0 Å². The molecule has 8 heteroatoms. The fraction of sp³-hybridized carbons (Fsp3) is 0.385. The lowest BCUT2D eigenvalue weighted by molar-refractivity contribution is -0.137. The molecule has 0 aliphatic heterocycles. The Hall–Kier alpha value is -1.15. The van der Waals surface area contributed by atoms with Gasteiger partial charge in [0, 0.05) is 16.9 Å². The summed E-state index contributed by atoms with van der Waals surface area (Å²) in [4.78, 5) is 12.3. The zero-order valence-electron chi connectivity index (χ0n) is 11.1. The monoisotopic (exact) mass is 382 g/mol. The number of rotatable bonds is 5. The van der Waals surface area contributed by atoms with Crippen LogP contribution in [0.15, 0.2) is 22.7 Å². The minimum atomic E-state index is -4.50. The van der Waals surface area contributed by atoms with Gasteiger partial charge in [0.25, 0.3) is 5.91 Å². The highest BCUT2D eigenvalue weighted by Crippen LogP contribution is 2.31. The molecular weight excluding hydrogens is 369 g/mol. The topological polar surface area (TPSA) is 55.1 Å². The molecule has 0 bridgehead atoms. The highest BCUT2D eigenvalue weighted by atomic mass is 79.9. The molecule has 0 aliphatic rings. The summed E-state index contributed by atoms with van der Waals surface area (Å²) in [5, 5.41) is 2.63. The molecule has 1 atom stereocenters. The summed E-state index contributed by atoms with van der Waals surface area (Å²) in [6.45, 7) is 1.82. The van der Waals surface area contributed by atoms with Crippen molar-refractivity contribution in [3.8, 4) is 0 Å². The number of amides is 1. The van der Waals surface area contributed by atoms with Crippen LogP contribution in [-0.4, -0.2) is 16.9 Å². The molecule has 0 radical (unpaired) electrons. The van der Waals surface area contributed by atoms with Gasteiger partial charge in [-0.05, 0) is 40.5 Å². The van der Waals surface area contributed by atoms with Crippen molar-refractivity contribution in [3.05, 3.63) is 33.8 Å². The summed E-state index contributed by atoms with van der Waals surface area (Å²) >= 11 is 7.85. The number of carbonyl (C=O) groups is 1. The standard InChI is InChI=1S/C13H14BrF3N2OS/c1-2-8(6-11(18)21)19-12(20)9-5-7(13(15,16)17)3-4-10(9)14/h3-5,8H,2,6H2,1H3,(H2,18,21)(H,19,20). The molecule has 1 amide bonds. The summed E-state index contributed by atoms with van der Waals surface area (Å²) in [5.41, 5.74) is 4.46. The van der Waals surface area contributed by atoms with Crippen LogP contribution in [0.3, 0.4) is 0 Å². The maximum absolute atomic E-state index is 12.7. The van der Waals surface area contributed by atoms with Crippen LogP contribution in [0.1, 0.15) is 35.7 Å². The SMILES string of the molecule is CCC(CC(N)=S)NC(=O)c1cc(C(F)(F)F)ccc1Br. The number of nitrogens with one attached hydrogen (secondary N) is 1. The molecular formula is C13H14BrF3N2OS. The van der Waals surface area contributed by atoms with E-state index in [1.54, 1.807) is 0 Å². The van der Waals surface area contributed by atoms with Gasteiger partial charge in [0.05, 0.1) is 16.1 Å². The van der Waals surface area contributed by atoms with Gasteiger partial charge >= 0.3 is 6.18 Å². The third-order valence-corrected chi connectivity index (χ3v) is 3.67. The minimum absolute atomic E-state index is 0.0776. The third-order valence-electron chi connectivity index (χ3n) is 2.81. The molecule has 1 rings (SSSR count). The first kappa shape index (κ1) is 17.9. The summed E-state index contributed by atoms with van der Waals surface area (Å²) in [6.07, 6.45) is -3.63. The Kier molecular flexibility index (Phi) is 6.15. The number of hydrogen-bond acceptors (Lipinski definition) is 2. The van der Waals surface area contributed by atoms with Gasteiger partial charge in [-0.25, -0.2) is 0 Å². The molecule has 0 saturated heterocycles. The molecule has 1 aromatic rings. The van der Waals surface area contributed by atoms with Crippen molar-refractivity contribution < 1.29 is 18.0 Å². The Bertz CT molecular complexity index is 549. The predicted octanol–water partition coefficient (Wildman–Crippen LogP) is 3.65. The summed E-state index contributed by atoms with van der Waals surface area (Å²) in [6, 6.07) is 2.61. The van der Waals surface area contributed by atoms with E-state index in [0.29, 0.717) is 12.8 Å². The van der Waals surface area contributed by atoms with Crippen molar-refractivity contribution >= 4 is 39.0 Å². The highest BCUT2D eigenvalue weighted by molar-refractivity contribution is 9.10. The second kappa shape index (κ2) is 7.22. The Morgan fingerprint density at radius 3 is 2.57 bits per heavy atom. The van der Waals surface area contributed by atoms with E-state index in [9.17, 15) is 18.0 Å². The van der Waals surface area contributed by atoms with E-state index < -0.39 is 17.6 Å². The predicted molar refractivity (Wildman–Crippen MR) is 82.1 cm³/mol. The smallest absolute Gasteiger partial charge is 0.393 e. The van der Waals surface area contributed by atoms with Crippen LogP contribution >= 0.6 is 28.1 Å². The largest absolute Gasteiger partial charge is 0.416 e. The van der Waals surface area contributed by atoms with Crippen molar-refractivity contribution in [2.24, 2.45) is 5.73 Å². The number of nitrogens with two attached hydrogens (primary N) is 1. The summed E-state index contributed by atoms with van der Waals surface area (Å²) < 4.78 is 38.3. The molecule has 0 spiro atoms. The minimum Gasteiger partial charge on any atom is -0.393 e. The van der Waals surface area contributed by atoms with Crippen LogP contribution in [0.2, 0.25) is 0 Å². The summed E-state index contributed by atoms with van der Waals surface area (Å²) in [7, 11) is 0. The Balaban J connectivity index is 2.98. The molecule has 116 valence electrons. The molecule has 1 aromatic carbocycles. The molecule has 0 heterocycles. The number of benzene rings is 1. The van der Waals surface area contributed by atoms with E-state index in [1.165, 1.54) is 6.07 Å². The van der Waals surface area contributed by atoms with Gasteiger partial charge in [-0.15, -0.1) is 0 Å². The first-order valence-electron chi connectivity index (χ1n) is 6.11. The summed E-state index contributed by atoms with van der Waals surface area (Å²) in [5.74, 6) is -0.601. The fourth-order valence-corrected chi connectivity index (χ4v) is 2.31. The maximum atomic E-state index is 12.7. The average molecular weight is 383 g/mol. The molecule has 0 fully saturated rings. The van der Waals surface area contributed by atoms with Crippen LogP contribution in [0, 0.1) is 0 Å². The molecule has 21 heavy (non-hydrogen) atoms. The van der Waals surface area contributed by atoms with E-state index in [1.807, 2.05) is 6.92 Å². The number of hydrogen-bond donors (Lipinski definition) is 2. The quantitative estimate of drug-likeness (QED) is 0.764. The zero-order chi connectivity index (χ0) is 16.2. The fourth-order valence-electron chi connectivity index (χ4n) is 1.68. The van der Waals surface area contributed by atoms with Gasteiger partial charge in [0.2, 0.25) is 0 Å². The number of halogens is 4. The van der Waals surface area contributed by atoms with Crippen molar-refractivity contribution in [2.75, 3.05) is 0 Å². The van der Waals surface area contributed by atoms with E-state index >= 15 is 0 Å². The molecule has 3 nitrogen and oxygen atoms in total. The number of carbonyl (C=O) groups excluding carboxylic acids is 1. The maximum Gasteiger partial charge on any atom is 0.416 e. The molecule has 0 aliphatic carbocycles. The average Bonchev–Trinajstić information content (AvgIpc) is 2.36. The normalized spacial score (nSPS) is 12.8. The van der Waals surface area contributed by atoms with Gasteiger partial charge in [-0.1, -0.05) is 19.1 Å². The zero-order valence-corrected chi connectivity index (χ0v) is 13.5. The Morgan fingerprint density at radius 2 is 2.10 bits per heavy atom. The molecule has 1 unspecified atom stereocenters. The molecule has 0 saturated carbocycles. The second-order valence-corrected chi connectivity index (χ2v) is 5.82. The van der Waals surface area contributed by atoms with Crippen molar-refractivity contribution in [3.63, 3.8) is 0 Å². The van der Waals surface area contributed by atoms with Crippen LogP contribution < -0.4 is 11.1 Å². The second-order valence-electron chi connectivity index (χ2n) is 4.44. The lowest BCUT2D eigenvalue weighted by atomic mass is 10.1. The first-order valence-corrected chi connectivity index (χ1v) is 7.31. The number of thiocarbonyl (C=S) groups is 1. The number of alkyl halides is 3. The van der Waals surface area contributed by atoms with Crippen molar-refractivity contribution in [1.29, 1.82) is 0 Å². The van der Waals surface area contributed by atoms with Gasteiger partial charge in [-0.2, -0.15) is 13.2 Å². The van der Waals surface area contributed by atoms with E-state index in [-0.39, 0.29) is 21.1 Å². The van der Waals surface area contributed by atoms with Crippen molar-refractivity contribution in [2.45, 2.75) is 32.0 Å². The van der Waals surface area contributed by atoms with E-state index in [0.717, 1.165) is 12.1 Å². The highest BCUT2D eigenvalue weighted by Gasteiger charge is 2.31. The van der Waals surface area contributed by atoms with Crippen LogP contribution in [0.25, 0.3) is 0 Å². The lowest BCUT2D eigenvalue weighted by Gasteiger charge is -2.17. The van der Waals surface area contributed by atoms with Crippen LogP contribution in [0.4, 0.5) is 13.2 Å². The van der Waals surface area contributed by atoms with Gasteiger partial charge in [-0.3, -0.25) is 4.79 Å². The molecule has 3 N–H and O–H groups in total. The van der Waals surface area contributed by atoms with Crippen molar-refractivity contribution in [1.82, 2.24) is 5.32 Å². The van der Waals surface area contributed by atoms with Crippen LogP contribution in [0.5, 0.6) is 0 Å². The Labute approximate surface area is 134 Å². The first-order chi connectivity index (χ1) is 9.65.